The minimum absolute atomic E-state index is 0.0455. The number of hydrogen-bond acceptors (Lipinski definition) is 11. The molecule has 0 spiro atoms. The molecule has 1 aliphatic heterocycles. The lowest BCUT2D eigenvalue weighted by Crippen LogP contribution is -2.64. The zero-order chi connectivity index (χ0) is 34.3. The second kappa shape index (κ2) is 11.8. The molecule has 5 rings (SSSR count). The molecule has 8 N–H and O–H groups in total. The Morgan fingerprint density at radius 2 is 1.80 bits per heavy atom. The van der Waals surface area contributed by atoms with E-state index in [1.165, 1.54) is 0 Å². The molecular weight excluding hydrogens is 596 g/mol. The molecule has 2 saturated carbocycles. The van der Waals surface area contributed by atoms with Crippen molar-refractivity contribution in [1.82, 2.24) is 0 Å². The first-order chi connectivity index (χ1) is 21.3. The predicted octanol–water partition coefficient (Wildman–Crippen LogP) is 1.53. The first kappa shape index (κ1) is 35.2. The fourth-order valence-corrected chi connectivity index (χ4v) is 9.90. The summed E-state index contributed by atoms with van der Waals surface area (Å²) in [5.41, 5.74) is -1.38. The van der Waals surface area contributed by atoms with E-state index in [2.05, 4.69) is 13.5 Å². The van der Waals surface area contributed by atoms with E-state index in [1.807, 2.05) is 20.8 Å². The highest BCUT2D eigenvalue weighted by atomic mass is 16.7. The van der Waals surface area contributed by atoms with Crippen LogP contribution in [0.2, 0.25) is 0 Å². The van der Waals surface area contributed by atoms with Crippen molar-refractivity contribution in [3.8, 4) is 11.5 Å². The molecule has 258 valence electrons. The number of ketones is 1. The predicted molar refractivity (Wildman–Crippen MR) is 167 cm³/mol. The summed E-state index contributed by atoms with van der Waals surface area (Å²) in [6, 6.07) is 1.58. The number of carbonyl (C=O) groups is 1. The number of carbonyl (C=O) groups excluding carboxylic acids is 1. The van der Waals surface area contributed by atoms with E-state index in [4.69, 9.17) is 9.47 Å². The molecule has 1 saturated heterocycles. The molecule has 1 aromatic rings. The summed E-state index contributed by atoms with van der Waals surface area (Å²) < 4.78 is 11.4. The topological polar surface area (TPSA) is 197 Å². The van der Waals surface area contributed by atoms with Gasteiger partial charge in [-0.1, -0.05) is 19.4 Å². The van der Waals surface area contributed by atoms with E-state index in [-0.39, 0.29) is 36.0 Å². The normalized spacial score (nSPS) is 42.4. The summed E-state index contributed by atoms with van der Waals surface area (Å²) in [5, 5.41) is 86.6. The Morgan fingerprint density at radius 3 is 2.41 bits per heavy atom. The Kier molecular flexibility index (Phi) is 9.04. The van der Waals surface area contributed by atoms with Gasteiger partial charge >= 0.3 is 0 Å². The molecule has 4 aliphatic rings. The number of rotatable bonds is 8. The van der Waals surface area contributed by atoms with Crippen LogP contribution >= 0.6 is 0 Å². The minimum Gasteiger partial charge on any atom is -0.504 e. The van der Waals surface area contributed by atoms with Crippen molar-refractivity contribution < 1.29 is 55.1 Å². The van der Waals surface area contributed by atoms with Crippen molar-refractivity contribution in [1.29, 1.82) is 0 Å². The average Bonchev–Trinajstić information content (AvgIpc) is 3.19. The van der Waals surface area contributed by atoms with Crippen molar-refractivity contribution in [2.75, 3.05) is 6.61 Å². The molecule has 3 aliphatic carbocycles. The SMILES string of the molecule is C=C(C)CC[C@H](O)[C@](C)(O)[C@H]1[C@H](O)C[C@@]2(C)[C@@H]3CCc4c(cc(O[C@@H]5O[C@H](CO)[C@@H](O)[C@H](O)[C@H]5O)c(O)c4C)[C@]3(C)C(=O)C[C@]12C. The van der Waals surface area contributed by atoms with Gasteiger partial charge in [0, 0.05) is 12.3 Å². The molecule has 0 aromatic heterocycles. The number of aliphatic hydroxyl groups is 7. The number of aromatic hydroxyl groups is 1. The molecule has 1 heterocycles. The number of benzene rings is 1. The van der Waals surface area contributed by atoms with Gasteiger partial charge in [0.15, 0.2) is 11.5 Å². The lowest BCUT2D eigenvalue weighted by atomic mass is 9.41. The molecule has 11 heteroatoms. The second-order valence-corrected chi connectivity index (χ2v) is 15.4. The van der Waals surface area contributed by atoms with Crippen LogP contribution in [0.15, 0.2) is 18.2 Å². The van der Waals surface area contributed by atoms with Gasteiger partial charge in [-0.3, -0.25) is 4.79 Å². The summed E-state index contributed by atoms with van der Waals surface area (Å²) in [5.74, 6) is -1.43. The van der Waals surface area contributed by atoms with Gasteiger partial charge in [0.25, 0.3) is 0 Å². The van der Waals surface area contributed by atoms with Gasteiger partial charge in [-0.15, -0.1) is 6.58 Å². The maximum Gasteiger partial charge on any atom is 0.229 e. The van der Waals surface area contributed by atoms with Crippen molar-refractivity contribution in [2.24, 2.45) is 22.7 Å². The number of phenolic OH excluding ortho intramolecular Hbond substituents is 1. The first-order valence-corrected chi connectivity index (χ1v) is 16.4. The van der Waals surface area contributed by atoms with Crippen LogP contribution in [-0.2, 0) is 21.4 Å². The molecule has 0 bridgehead atoms. The lowest BCUT2D eigenvalue weighted by Gasteiger charge is -2.62. The molecule has 1 aromatic carbocycles. The highest BCUT2D eigenvalue weighted by Crippen LogP contribution is 2.72. The average molecular weight is 649 g/mol. The van der Waals surface area contributed by atoms with Gasteiger partial charge in [-0.25, -0.2) is 0 Å². The van der Waals surface area contributed by atoms with E-state index < -0.39 is 77.3 Å². The van der Waals surface area contributed by atoms with Gasteiger partial charge in [-0.05, 0) is 99.3 Å². The van der Waals surface area contributed by atoms with E-state index in [1.54, 1.807) is 19.9 Å². The second-order valence-electron chi connectivity index (χ2n) is 15.4. The smallest absolute Gasteiger partial charge is 0.229 e. The van der Waals surface area contributed by atoms with Crippen LogP contribution in [0.25, 0.3) is 0 Å². The Labute approximate surface area is 270 Å². The fraction of sp³-hybridized carbons (Fsp3) is 0.743. The molecule has 13 atom stereocenters. The molecule has 0 unspecified atom stereocenters. The van der Waals surface area contributed by atoms with Gasteiger partial charge in [0.2, 0.25) is 6.29 Å². The maximum atomic E-state index is 14.6. The first-order valence-electron chi connectivity index (χ1n) is 16.4. The third kappa shape index (κ3) is 4.96. The Hall–Kier alpha value is -2.09. The number of hydrogen-bond donors (Lipinski definition) is 8. The van der Waals surface area contributed by atoms with Gasteiger partial charge in [-0.2, -0.15) is 0 Å². The largest absolute Gasteiger partial charge is 0.504 e. The van der Waals surface area contributed by atoms with E-state index >= 15 is 0 Å². The van der Waals surface area contributed by atoms with Crippen LogP contribution in [0.3, 0.4) is 0 Å². The van der Waals surface area contributed by atoms with Crippen LogP contribution in [-0.4, -0.2) is 102 Å². The minimum atomic E-state index is -1.69. The number of Topliss-reactive ketones (excluding diaryl/α,β-unsaturated/α-hetero) is 1. The quantitative estimate of drug-likeness (QED) is 0.190. The lowest BCUT2D eigenvalue weighted by molar-refractivity contribution is -0.277. The number of ether oxygens (including phenoxy) is 2. The summed E-state index contributed by atoms with van der Waals surface area (Å²) in [6.45, 7) is 14.3. The summed E-state index contributed by atoms with van der Waals surface area (Å²) >= 11 is 0. The highest BCUT2D eigenvalue weighted by molar-refractivity contribution is 5.93. The summed E-state index contributed by atoms with van der Waals surface area (Å²) in [4.78, 5) is 14.6. The number of fused-ring (bicyclic) bond motifs is 5. The molecular formula is C35H52O11. The molecule has 11 nitrogen and oxygen atoms in total. The zero-order valence-corrected chi connectivity index (χ0v) is 27.7. The van der Waals surface area contributed by atoms with Gasteiger partial charge in [0.1, 0.15) is 30.2 Å². The van der Waals surface area contributed by atoms with Crippen molar-refractivity contribution in [3.63, 3.8) is 0 Å². The van der Waals surface area contributed by atoms with Crippen molar-refractivity contribution in [3.05, 3.63) is 34.9 Å². The van der Waals surface area contributed by atoms with Crippen LogP contribution in [0, 0.1) is 29.6 Å². The molecule has 0 amide bonds. The molecule has 0 radical (unpaired) electrons. The summed E-state index contributed by atoms with van der Waals surface area (Å²) in [7, 11) is 0. The molecule has 3 fully saturated rings. The number of aliphatic hydroxyl groups excluding tert-OH is 6. The van der Waals surface area contributed by atoms with Crippen LogP contribution in [0.5, 0.6) is 11.5 Å². The Bertz CT molecular complexity index is 1370. The van der Waals surface area contributed by atoms with Crippen LogP contribution in [0.4, 0.5) is 0 Å². The van der Waals surface area contributed by atoms with E-state index in [9.17, 15) is 45.6 Å². The summed E-state index contributed by atoms with van der Waals surface area (Å²) in [6.07, 6.45) is -7.48. The Balaban J connectivity index is 1.54. The van der Waals surface area contributed by atoms with E-state index in [0.29, 0.717) is 36.8 Å². The van der Waals surface area contributed by atoms with E-state index in [0.717, 1.165) is 11.1 Å². The maximum absolute atomic E-state index is 14.6. The van der Waals surface area contributed by atoms with Gasteiger partial charge < -0.3 is 50.3 Å². The third-order valence-corrected chi connectivity index (χ3v) is 12.7. The molecule has 46 heavy (non-hydrogen) atoms. The fourth-order valence-electron chi connectivity index (χ4n) is 9.90. The number of phenols is 1. The van der Waals surface area contributed by atoms with Crippen molar-refractivity contribution >= 4 is 5.78 Å². The van der Waals surface area contributed by atoms with Gasteiger partial charge in [0.05, 0.1) is 29.8 Å². The van der Waals surface area contributed by atoms with Crippen LogP contribution < -0.4 is 4.74 Å². The zero-order valence-electron chi connectivity index (χ0n) is 27.7. The highest BCUT2D eigenvalue weighted by Gasteiger charge is 2.73. The Morgan fingerprint density at radius 1 is 1.15 bits per heavy atom. The monoisotopic (exact) mass is 648 g/mol. The standard InChI is InChI=1S/C35H52O11/c1-16(2)8-11-24(38)35(7,44)30-20(37)13-32(4)23-10-9-18-17(3)26(40)21(12-19(18)34(23,6)25(39)14-33(30,32)5)45-31-29(43)28(42)27(41)22(15-36)46-31/h12,20,22-24,27-31,36-38,40-44H,1,8-11,13-15H2,2-7H3/t20-,22-,23+,24+,27-,28+,29-,30+,31-,32+,33-,34+,35+/m1/s1. The number of allylic oxidation sites excluding steroid dienone is 1. The van der Waals surface area contributed by atoms with Crippen molar-refractivity contribution in [2.45, 2.75) is 134 Å². The van der Waals surface area contributed by atoms with Crippen LogP contribution in [0.1, 0.15) is 83.4 Å². The third-order valence-electron chi connectivity index (χ3n) is 12.7.